The third-order valence-corrected chi connectivity index (χ3v) is 6.08. The number of thioether (sulfide) groups is 1. The van der Waals surface area contributed by atoms with Gasteiger partial charge in [0.05, 0.1) is 14.9 Å². The van der Waals surface area contributed by atoms with Crippen molar-refractivity contribution in [2.75, 3.05) is 12.4 Å². The van der Waals surface area contributed by atoms with Gasteiger partial charge in [-0.1, -0.05) is 11.8 Å². The summed E-state index contributed by atoms with van der Waals surface area (Å²) in [7, 11) is 1.70. The molecule has 10 heteroatoms. The van der Waals surface area contributed by atoms with E-state index in [9.17, 15) is 14.3 Å². The van der Waals surface area contributed by atoms with Gasteiger partial charge in [0.2, 0.25) is 11.7 Å². The van der Waals surface area contributed by atoms with Crippen molar-refractivity contribution in [3.05, 3.63) is 68.7 Å². The Kier molecular flexibility index (Phi) is 5.69. The summed E-state index contributed by atoms with van der Waals surface area (Å²) in [6, 6.07) is 4.85. The molecule has 2 aromatic heterocycles. The highest BCUT2D eigenvalue weighted by molar-refractivity contribution is 9.10. The normalized spacial score (nSPS) is 14.1. The van der Waals surface area contributed by atoms with Crippen LogP contribution in [0, 0.1) is 5.82 Å². The number of phenolic OH excluding ortho intramolecular Hbond substituents is 1. The van der Waals surface area contributed by atoms with Gasteiger partial charge in [0, 0.05) is 31.2 Å². The zero-order chi connectivity index (χ0) is 21.3. The van der Waals surface area contributed by atoms with Crippen molar-refractivity contribution < 1.29 is 19.0 Å². The first-order chi connectivity index (χ1) is 14.5. The number of rotatable bonds is 5. The number of nitrogens with one attached hydrogen (secondary N) is 1. The fourth-order valence-corrected chi connectivity index (χ4v) is 4.11. The Labute approximate surface area is 183 Å². The number of allylic oxidation sites excluding steroid dienone is 1. The van der Waals surface area contributed by atoms with Gasteiger partial charge in [-0.05, 0) is 45.8 Å². The molecule has 0 saturated heterocycles. The highest BCUT2D eigenvalue weighted by Crippen LogP contribution is 2.42. The number of ketones is 1. The standard InChI is InChI=1S/C20H14BrFN4O3S/c1-23-20-25-7-10(8-26-20)9-29-13-5-11(15(21)16(22)18(13)28)6-14-17(27)12-3-2-4-24-19(12)30-14/h2-8,28H,9H2,1H3,(H,23,25,26)/b14-6-. The van der Waals surface area contributed by atoms with E-state index in [1.54, 1.807) is 43.8 Å². The Hall–Kier alpha value is -2.98. The molecule has 3 heterocycles. The molecular formula is C20H14BrFN4O3S. The predicted molar refractivity (Wildman–Crippen MR) is 114 cm³/mol. The van der Waals surface area contributed by atoms with Crippen LogP contribution in [0.5, 0.6) is 11.5 Å². The molecule has 2 N–H and O–H groups in total. The smallest absolute Gasteiger partial charge is 0.222 e. The third-order valence-electron chi connectivity index (χ3n) is 4.23. The van der Waals surface area contributed by atoms with Crippen molar-refractivity contribution in [3.63, 3.8) is 0 Å². The lowest BCUT2D eigenvalue weighted by atomic mass is 10.1. The Morgan fingerprint density at radius 1 is 1.33 bits per heavy atom. The Bertz CT molecular complexity index is 1170. The molecule has 152 valence electrons. The van der Waals surface area contributed by atoms with E-state index in [2.05, 4.69) is 36.2 Å². The summed E-state index contributed by atoms with van der Waals surface area (Å²) in [6.07, 6.45) is 6.27. The van der Waals surface area contributed by atoms with E-state index in [4.69, 9.17) is 4.74 Å². The molecule has 0 saturated carbocycles. The Balaban J connectivity index is 1.62. The van der Waals surface area contributed by atoms with Gasteiger partial charge in [0.25, 0.3) is 0 Å². The van der Waals surface area contributed by atoms with Crippen LogP contribution in [-0.4, -0.2) is 32.9 Å². The zero-order valence-electron chi connectivity index (χ0n) is 15.5. The topological polar surface area (TPSA) is 97.2 Å². The molecule has 0 radical (unpaired) electrons. The van der Waals surface area contributed by atoms with E-state index in [1.165, 1.54) is 17.8 Å². The van der Waals surface area contributed by atoms with Crippen LogP contribution >= 0.6 is 27.7 Å². The summed E-state index contributed by atoms with van der Waals surface area (Å²) < 4.78 is 20.2. The number of hydrogen-bond donors (Lipinski definition) is 2. The van der Waals surface area contributed by atoms with Crippen LogP contribution in [0.4, 0.5) is 10.3 Å². The molecule has 1 aromatic carbocycles. The molecule has 0 aliphatic carbocycles. The zero-order valence-corrected chi connectivity index (χ0v) is 17.9. The van der Waals surface area contributed by atoms with E-state index in [0.29, 0.717) is 32.6 Å². The number of nitrogens with zero attached hydrogens (tertiary/aromatic N) is 3. The summed E-state index contributed by atoms with van der Waals surface area (Å²) in [5, 5.41) is 13.6. The Morgan fingerprint density at radius 3 is 2.80 bits per heavy atom. The number of benzene rings is 1. The third kappa shape index (κ3) is 3.88. The number of aromatic hydroxyl groups is 1. The summed E-state index contributed by atoms with van der Waals surface area (Å²) in [4.78, 5) is 25.3. The molecule has 30 heavy (non-hydrogen) atoms. The van der Waals surface area contributed by atoms with Crippen LogP contribution in [0.25, 0.3) is 6.08 Å². The number of aromatic nitrogens is 3. The summed E-state index contributed by atoms with van der Waals surface area (Å²) in [6.45, 7) is 0.0255. The maximum Gasteiger partial charge on any atom is 0.222 e. The molecule has 0 unspecified atom stereocenters. The van der Waals surface area contributed by atoms with Crippen molar-refractivity contribution in [1.29, 1.82) is 0 Å². The van der Waals surface area contributed by atoms with E-state index < -0.39 is 11.6 Å². The maximum absolute atomic E-state index is 14.6. The fraction of sp³-hybridized carbons (Fsp3) is 0.100. The molecule has 3 aromatic rings. The molecule has 1 aliphatic heterocycles. The van der Waals surface area contributed by atoms with Gasteiger partial charge in [-0.25, -0.2) is 19.3 Å². The number of pyridine rings is 1. The van der Waals surface area contributed by atoms with E-state index in [-0.39, 0.29) is 22.6 Å². The van der Waals surface area contributed by atoms with E-state index in [0.717, 1.165) is 0 Å². The number of phenols is 1. The Morgan fingerprint density at radius 2 is 2.10 bits per heavy atom. The number of fused-ring (bicyclic) bond motifs is 1. The van der Waals surface area contributed by atoms with Crippen molar-refractivity contribution in [3.8, 4) is 11.5 Å². The number of carbonyl (C=O) groups is 1. The SMILES string of the molecule is CNc1ncc(COc2cc(/C=C3\Sc4ncccc4C3=O)c(Br)c(F)c2O)cn1. The van der Waals surface area contributed by atoms with Crippen molar-refractivity contribution >= 4 is 45.5 Å². The molecule has 0 spiro atoms. The molecule has 1 aliphatic rings. The molecule has 0 bridgehead atoms. The predicted octanol–water partition coefficient (Wildman–Crippen LogP) is 4.43. The van der Waals surface area contributed by atoms with E-state index in [1.807, 2.05) is 0 Å². The fourth-order valence-electron chi connectivity index (χ4n) is 2.71. The number of carbonyl (C=O) groups excluding carboxylic acids is 1. The number of Topliss-reactive ketones (excluding diaryl/α,β-unsaturated/α-hetero) is 1. The first-order valence-electron chi connectivity index (χ1n) is 8.69. The first kappa shape index (κ1) is 20.3. The van der Waals surface area contributed by atoms with Gasteiger partial charge in [-0.15, -0.1) is 0 Å². The van der Waals surface area contributed by atoms with Crippen LogP contribution in [-0.2, 0) is 6.61 Å². The van der Waals surface area contributed by atoms with Gasteiger partial charge in [0.1, 0.15) is 11.6 Å². The van der Waals surface area contributed by atoms with Crippen LogP contribution in [0.15, 0.2) is 51.2 Å². The largest absolute Gasteiger partial charge is 0.502 e. The lowest BCUT2D eigenvalue weighted by Crippen LogP contribution is -2.01. The lowest BCUT2D eigenvalue weighted by Gasteiger charge is -2.12. The minimum Gasteiger partial charge on any atom is -0.502 e. The monoisotopic (exact) mass is 488 g/mol. The van der Waals surface area contributed by atoms with Crippen molar-refractivity contribution in [2.24, 2.45) is 0 Å². The van der Waals surface area contributed by atoms with Crippen LogP contribution in [0.3, 0.4) is 0 Å². The highest BCUT2D eigenvalue weighted by Gasteiger charge is 2.27. The molecular weight excluding hydrogens is 475 g/mol. The number of halogens is 2. The second-order valence-corrected chi connectivity index (χ2v) is 8.01. The first-order valence-corrected chi connectivity index (χ1v) is 10.3. The average molecular weight is 489 g/mol. The minimum atomic E-state index is -0.882. The minimum absolute atomic E-state index is 0.0255. The molecule has 4 rings (SSSR count). The van der Waals surface area contributed by atoms with E-state index >= 15 is 0 Å². The summed E-state index contributed by atoms with van der Waals surface area (Å²) in [5.41, 5.74) is 1.50. The van der Waals surface area contributed by atoms with Gasteiger partial charge in [0.15, 0.2) is 17.3 Å². The van der Waals surface area contributed by atoms with Gasteiger partial charge >= 0.3 is 0 Å². The van der Waals surface area contributed by atoms with Crippen molar-refractivity contribution in [1.82, 2.24) is 15.0 Å². The summed E-state index contributed by atoms with van der Waals surface area (Å²) >= 11 is 4.35. The maximum atomic E-state index is 14.6. The molecule has 0 atom stereocenters. The number of anilines is 1. The van der Waals surface area contributed by atoms with Crippen LogP contribution < -0.4 is 10.1 Å². The number of ether oxygens (including phenoxy) is 1. The van der Waals surface area contributed by atoms with Gasteiger partial charge in [-0.3, -0.25) is 4.79 Å². The lowest BCUT2D eigenvalue weighted by molar-refractivity contribution is 0.104. The van der Waals surface area contributed by atoms with Crippen LogP contribution in [0.1, 0.15) is 21.5 Å². The van der Waals surface area contributed by atoms with Gasteiger partial charge < -0.3 is 15.2 Å². The van der Waals surface area contributed by atoms with Gasteiger partial charge in [-0.2, -0.15) is 0 Å². The van der Waals surface area contributed by atoms with Crippen molar-refractivity contribution in [2.45, 2.75) is 11.6 Å². The molecule has 0 fully saturated rings. The quantitative estimate of drug-likeness (QED) is 0.509. The average Bonchev–Trinajstić information content (AvgIpc) is 3.09. The molecule has 0 amide bonds. The highest BCUT2D eigenvalue weighted by atomic mass is 79.9. The number of hydrogen-bond acceptors (Lipinski definition) is 8. The second kappa shape index (κ2) is 8.41. The van der Waals surface area contributed by atoms with Crippen LogP contribution in [0.2, 0.25) is 0 Å². The second-order valence-electron chi connectivity index (χ2n) is 6.19. The summed E-state index contributed by atoms with van der Waals surface area (Å²) in [5.74, 6) is -1.31. The molecule has 7 nitrogen and oxygen atoms in total.